The predicted octanol–water partition coefficient (Wildman–Crippen LogP) is 4.75. The van der Waals surface area contributed by atoms with E-state index in [0.717, 1.165) is 15.7 Å². The van der Waals surface area contributed by atoms with Crippen molar-refractivity contribution in [3.05, 3.63) is 51.0 Å². The fraction of sp³-hybridized carbons (Fsp3) is 0.200. The van der Waals surface area contributed by atoms with E-state index in [-0.39, 0.29) is 6.79 Å². The van der Waals surface area contributed by atoms with Gasteiger partial charge < -0.3 is 14.8 Å². The van der Waals surface area contributed by atoms with E-state index in [1.165, 1.54) is 5.56 Å². The van der Waals surface area contributed by atoms with Gasteiger partial charge in [0.1, 0.15) is 0 Å². The zero-order chi connectivity index (χ0) is 14.1. The predicted molar refractivity (Wildman–Crippen MR) is 83.8 cm³/mol. The molecule has 0 radical (unpaired) electrons. The highest BCUT2D eigenvalue weighted by Crippen LogP contribution is 2.40. The van der Waals surface area contributed by atoms with Gasteiger partial charge in [0.15, 0.2) is 11.5 Å². The summed E-state index contributed by atoms with van der Waals surface area (Å²) in [5.74, 6) is 1.34. The van der Waals surface area contributed by atoms with Gasteiger partial charge in [-0.15, -0.1) is 0 Å². The van der Waals surface area contributed by atoms with Gasteiger partial charge in [0.2, 0.25) is 6.79 Å². The van der Waals surface area contributed by atoms with Crippen molar-refractivity contribution < 1.29 is 9.47 Å². The summed E-state index contributed by atoms with van der Waals surface area (Å²) in [7, 11) is 0. The molecule has 2 aromatic rings. The average molecular weight is 355 g/mol. The summed E-state index contributed by atoms with van der Waals surface area (Å²) in [5, 5.41) is 3.97. The van der Waals surface area contributed by atoms with Crippen LogP contribution in [0, 0.1) is 6.92 Å². The van der Waals surface area contributed by atoms with Gasteiger partial charge >= 0.3 is 0 Å². The van der Waals surface area contributed by atoms with E-state index < -0.39 is 0 Å². The Hall–Kier alpha value is -1.39. The van der Waals surface area contributed by atoms with Crippen molar-refractivity contribution in [1.29, 1.82) is 0 Å². The lowest BCUT2D eigenvalue weighted by Crippen LogP contribution is -2.00. The number of benzene rings is 2. The summed E-state index contributed by atoms with van der Waals surface area (Å²) < 4.78 is 11.7. The van der Waals surface area contributed by atoms with Gasteiger partial charge in [0.25, 0.3) is 0 Å². The van der Waals surface area contributed by atoms with Crippen molar-refractivity contribution in [3.63, 3.8) is 0 Å². The largest absolute Gasteiger partial charge is 0.454 e. The van der Waals surface area contributed by atoms with Crippen molar-refractivity contribution in [2.45, 2.75) is 13.5 Å². The molecule has 1 aliphatic heterocycles. The first-order valence-electron chi connectivity index (χ1n) is 6.21. The number of fused-ring (bicyclic) bond motifs is 1. The van der Waals surface area contributed by atoms with Crippen LogP contribution in [0.2, 0.25) is 5.02 Å². The summed E-state index contributed by atoms with van der Waals surface area (Å²) >= 11 is 9.71. The highest BCUT2D eigenvalue weighted by atomic mass is 79.9. The quantitative estimate of drug-likeness (QED) is 0.862. The maximum atomic E-state index is 6.17. The molecule has 0 atom stereocenters. The SMILES string of the molecule is Cc1ccc(Br)c(NCc2cc(Cl)c3c(c2)OCO3)c1. The first kappa shape index (κ1) is 13.6. The Bertz CT molecular complexity index is 661. The molecule has 0 saturated carbocycles. The third-order valence-electron chi connectivity index (χ3n) is 3.09. The number of aryl methyl sites for hydroxylation is 1. The van der Waals surface area contributed by atoms with Gasteiger partial charge in [0, 0.05) is 16.7 Å². The number of halogens is 2. The summed E-state index contributed by atoms with van der Waals surface area (Å²) in [6, 6.07) is 10.0. The minimum Gasteiger partial charge on any atom is -0.454 e. The number of hydrogen-bond donors (Lipinski definition) is 1. The van der Waals surface area contributed by atoms with Gasteiger partial charge in [0.05, 0.1) is 5.02 Å². The topological polar surface area (TPSA) is 30.5 Å². The molecule has 0 aliphatic carbocycles. The van der Waals surface area contributed by atoms with Crippen LogP contribution in [0.25, 0.3) is 0 Å². The van der Waals surface area contributed by atoms with Crippen LogP contribution in [-0.2, 0) is 6.54 Å². The molecule has 1 N–H and O–H groups in total. The first-order chi connectivity index (χ1) is 9.63. The summed E-state index contributed by atoms with van der Waals surface area (Å²) in [6.45, 7) is 2.96. The highest BCUT2D eigenvalue weighted by Gasteiger charge is 2.18. The monoisotopic (exact) mass is 353 g/mol. The van der Waals surface area contributed by atoms with Crippen molar-refractivity contribution in [2.24, 2.45) is 0 Å². The second kappa shape index (κ2) is 5.54. The summed E-state index contributed by atoms with van der Waals surface area (Å²) in [6.07, 6.45) is 0. The van der Waals surface area contributed by atoms with E-state index in [1.54, 1.807) is 0 Å². The van der Waals surface area contributed by atoms with Crippen LogP contribution in [-0.4, -0.2) is 6.79 Å². The molecule has 0 unspecified atom stereocenters. The maximum absolute atomic E-state index is 6.17. The zero-order valence-electron chi connectivity index (χ0n) is 10.9. The molecule has 2 aromatic carbocycles. The molecule has 5 heteroatoms. The van der Waals surface area contributed by atoms with Gasteiger partial charge in [-0.2, -0.15) is 0 Å². The Balaban J connectivity index is 1.79. The Morgan fingerprint density at radius 3 is 2.95 bits per heavy atom. The van der Waals surface area contributed by atoms with Gasteiger partial charge in [-0.05, 0) is 58.2 Å². The minimum atomic E-state index is 0.232. The molecule has 0 spiro atoms. The van der Waals surface area contributed by atoms with E-state index in [4.69, 9.17) is 21.1 Å². The first-order valence-corrected chi connectivity index (χ1v) is 7.38. The molecule has 0 aromatic heterocycles. The molecule has 20 heavy (non-hydrogen) atoms. The van der Waals surface area contributed by atoms with Crippen molar-refractivity contribution in [3.8, 4) is 11.5 Å². The molecule has 104 valence electrons. The Kier molecular flexibility index (Phi) is 3.76. The fourth-order valence-electron chi connectivity index (χ4n) is 2.09. The number of ether oxygens (including phenoxy) is 2. The molecule has 1 aliphatic rings. The molecule has 0 fully saturated rings. The Labute approximate surface area is 131 Å². The van der Waals surface area contributed by atoms with Crippen LogP contribution in [0.15, 0.2) is 34.8 Å². The molecular weight excluding hydrogens is 342 g/mol. The number of rotatable bonds is 3. The third-order valence-corrected chi connectivity index (χ3v) is 4.06. The van der Waals surface area contributed by atoms with E-state index in [0.29, 0.717) is 23.1 Å². The molecule has 3 rings (SSSR count). The molecule has 0 saturated heterocycles. The van der Waals surface area contributed by atoms with Crippen LogP contribution in [0.3, 0.4) is 0 Å². The second-order valence-corrected chi connectivity index (χ2v) is 5.91. The fourth-order valence-corrected chi connectivity index (χ4v) is 2.77. The lowest BCUT2D eigenvalue weighted by atomic mass is 10.2. The van der Waals surface area contributed by atoms with Gasteiger partial charge in [-0.25, -0.2) is 0 Å². The van der Waals surface area contributed by atoms with E-state index >= 15 is 0 Å². The van der Waals surface area contributed by atoms with E-state index in [2.05, 4.69) is 40.3 Å². The summed E-state index contributed by atoms with van der Waals surface area (Å²) in [5.41, 5.74) is 3.31. The zero-order valence-corrected chi connectivity index (χ0v) is 13.2. The number of nitrogens with one attached hydrogen (secondary N) is 1. The van der Waals surface area contributed by atoms with Crippen LogP contribution >= 0.6 is 27.5 Å². The molecule has 3 nitrogen and oxygen atoms in total. The van der Waals surface area contributed by atoms with E-state index in [9.17, 15) is 0 Å². The number of anilines is 1. The summed E-state index contributed by atoms with van der Waals surface area (Å²) in [4.78, 5) is 0. The van der Waals surface area contributed by atoms with Crippen molar-refractivity contribution >= 4 is 33.2 Å². The lowest BCUT2D eigenvalue weighted by molar-refractivity contribution is 0.174. The third kappa shape index (κ3) is 2.72. The standard InChI is InChI=1S/C15H13BrClNO2/c1-9-2-3-11(16)13(4-9)18-7-10-5-12(17)15-14(6-10)19-8-20-15/h2-6,18H,7-8H2,1H3. The van der Waals surface area contributed by atoms with Crippen molar-refractivity contribution in [2.75, 3.05) is 12.1 Å². The second-order valence-electron chi connectivity index (χ2n) is 4.65. The van der Waals surface area contributed by atoms with Crippen LogP contribution < -0.4 is 14.8 Å². The molecule has 1 heterocycles. The van der Waals surface area contributed by atoms with Crippen LogP contribution in [0.4, 0.5) is 5.69 Å². The molecule has 0 amide bonds. The van der Waals surface area contributed by atoms with E-state index in [1.807, 2.05) is 18.2 Å². The average Bonchev–Trinajstić information content (AvgIpc) is 2.89. The minimum absolute atomic E-state index is 0.232. The van der Waals surface area contributed by atoms with Gasteiger partial charge in [-0.1, -0.05) is 17.7 Å². The van der Waals surface area contributed by atoms with Crippen LogP contribution in [0.5, 0.6) is 11.5 Å². The van der Waals surface area contributed by atoms with Gasteiger partial charge in [-0.3, -0.25) is 0 Å². The molecular formula is C15H13BrClNO2. The lowest BCUT2D eigenvalue weighted by Gasteiger charge is -2.10. The smallest absolute Gasteiger partial charge is 0.231 e. The maximum Gasteiger partial charge on any atom is 0.231 e. The highest BCUT2D eigenvalue weighted by molar-refractivity contribution is 9.10. The number of hydrogen-bond acceptors (Lipinski definition) is 3. The Morgan fingerprint density at radius 2 is 2.10 bits per heavy atom. The Morgan fingerprint density at radius 1 is 1.25 bits per heavy atom. The molecule has 0 bridgehead atoms. The van der Waals surface area contributed by atoms with Crippen LogP contribution in [0.1, 0.15) is 11.1 Å². The van der Waals surface area contributed by atoms with Crippen molar-refractivity contribution in [1.82, 2.24) is 0 Å². The normalized spacial score (nSPS) is 12.6.